The number of nitrogens with zero attached hydrogens (tertiary/aromatic N) is 5. The van der Waals surface area contributed by atoms with Gasteiger partial charge in [-0.3, -0.25) is 0 Å². The maximum absolute atomic E-state index is 10.4. The van der Waals surface area contributed by atoms with E-state index >= 15 is 0 Å². The van der Waals surface area contributed by atoms with Crippen LogP contribution in [0, 0.1) is 0 Å². The standard InChI is InChI=1S/C21H25ClN6O3S/c1-2-6-32-21-24-19(23-13-8-12(13)10-4-3-5-11(22)7-10)16-20(25-21)28(27-26-16)14-9-15(29)18(31)17(14)30/h3-5,7,12-15,17-18,29-31H,2,6,8-9H2,1H3,(H,23,24,25)/t12?,13?,14-,15+,17+,18-/m1/s1. The number of benzene rings is 1. The summed E-state index contributed by atoms with van der Waals surface area (Å²) in [6.07, 6.45) is -1.29. The Balaban J connectivity index is 1.46. The van der Waals surface area contributed by atoms with E-state index in [-0.39, 0.29) is 12.5 Å². The Hall–Kier alpha value is -1.98. The minimum atomic E-state index is -1.22. The Labute approximate surface area is 194 Å². The van der Waals surface area contributed by atoms with Gasteiger partial charge in [-0.15, -0.1) is 5.10 Å². The summed E-state index contributed by atoms with van der Waals surface area (Å²) >= 11 is 7.69. The molecule has 0 amide bonds. The fourth-order valence-electron chi connectivity index (χ4n) is 4.25. The molecule has 170 valence electrons. The molecule has 11 heteroatoms. The highest BCUT2D eigenvalue weighted by molar-refractivity contribution is 7.99. The average molecular weight is 477 g/mol. The lowest BCUT2D eigenvalue weighted by Crippen LogP contribution is -2.31. The molecule has 3 aromatic rings. The van der Waals surface area contributed by atoms with Crippen molar-refractivity contribution in [1.29, 1.82) is 0 Å². The van der Waals surface area contributed by atoms with Crippen molar-refractivity contribution in [2.75, 3.05) is 11.1 Å². The first-order valence-corrected chi connectivity index (χ1v) is 12.1. The third-order valence-corrected chi connectivity index (χ3v) is 7.35. The molecule has 1 aromatic carbocycles. The van der Waals surface area contributed by atoms with Crippen LogP contribution in [0.3, 0.4) is 0 Å². The van der Waals surface area contributed by atoms with Crippen LogP contribution in [-0.4, -0.2) is 70.4 Å². The van der Waals surface area contributed by atoms with Crippen LogP contribution in [0.4, 0.5) is 5.82 Å². The molecule has 0 saturated heterocycles. The van der Waals surface area contributed by atoms with E-state index in [0.29, 0.717) is 28.1 Å². The highest BCUT2D eigenvalue weighted by atomic mass is 35.5. The van der Waals surface area contributed by atoms with Crippen LogP contribution >= 0.6 is 23.4 Å². The van der Waals surface area contributed by atoms with Gasteiger partial charge in [0, 0.05) is 29.2 Å². The fourth-order valence-corrected chi connectivity index (χ4v) is 5.15. The van der Waals surface area contributed by atoms with Crippen molar-refractivity contribution in [3.05, 3.63) is 34.9 Å². The monoisotopic (exact) mass is 476 g/mol. The molecular formula is C21H25ClN6O3S. The highest BCUT2D eigenvalue weighted by Gasteiger charge is 2.43. The van der Waals surface area contributed by atoms with Gasteiger partial charge in [0.25, 0.3) is 0 Å². The molecule has 0 aliphatic heterocycles. The molecule has 6 atom stereocenters. The van der Waals surface area contributed by atoms with Crippen molar-refractivity contribution in [2.24, 2.45) is 0 Å². The fraction of sp³-hybridized carbons (Fsp3) is 0.524. The third-order valence-electron chi connectivity index (χ3n) is 6.06. The molecule has 5 rings (SSSR count). The van der Waals surface area contributed by atoms with Crippen LogP contribution in [0.25, 0.3) is 11.2 Å². The summed E-state index contributed by atoms with van der Waals surface area (Å²) in [6.45, 7) is 2.09. The molecule has 2 aliphatic carbocycles. The van der Waals surface area contributed by atoms with Gasteiger partial charge in [-0.25, -0.2) is 14.6 Å². The molecule has 9 nitrogen and oxygen atoms in total. The average Bonchev–Trinajstić information content (AvgIpc) is 3.35. The SMILES string of the molecule is CCCSc1nc(NC2CC2c2cccc(Cl)c2)c2nnn([C@@H]3C[C@H](O)[C@@H](O)[C@H]3O)c2n1. The number of hydrogen-bond donors (Lipinski definition) is 4. The van der Waals surface area contributed by atoms with E-state index in [4.69, 9.17) is 16.6 Å². The molecule has 0 radical (unpaired) electrons. The van der Waals surface area contributed by atoms with Gasteiger partial charge in [0.1, 0.15) is 12.2 Å². The molecule has 2 heterocycles. The summed E-state index contributed by atoms with van der Waals surface area (Å²) in [4.78, 5) is 9.33. The summed E-state index contributed by atoms with van der Waals surface area (Å²) in [5, 5.41) is 43.7. The van der Waals surface area contributed by atoms with Crippen LogP contribution in [0.1, 0.15) is 43.7 Å². The topological polar surface area (TPSA) is 129 Å². The van der Waals surface area contributed by atoms with E-state index < -0.39 is 24.4 Å². The minimum absolute atomic E-state index is 0.171. The first kappa shape index (κ1) is 21.8. The van der Waals surface area contributed by atoms with E-state index in [1.165, 1.54) is 10.2 Å². The molecule has 0 spiro atoms. The van der Waals surface area contributed by atoms with Crippen molar-refractivity contribution in [3.63, 3.8) is 0 Å². The van der Waals surface area contributed by atoms with Gasteiger partial charge < -0.3 is 20.6 Å². The number of halogens is 1. The zero-order valence-electron chi connectivity index (χ0n) is 17.5. The lowest BCUT2D eigenvalue weighted by Gasteiger charge is -2.16. The van der Waals surface area contributed by atoms with Crippen molar-refractivity contribution < 1.29 is 15.3 Å². The maximum Gasteiger partial charge on any atom is 0.191 e. The zero-order chi connectivity index (χ0) is 22.4. The predicted molar refractivity (Wildman–Crippen MR) is 122 cm³/mol. The number of thioether (sulfide) groups is 1. The number of anilines is 1. The molecule has 2 fully saturated rings. The molecule has 0 bridgehead atoms. The van der Waals surface area contributed by atoms with Crippen LogP contribution in [0.5, 0.6) is 0 Å². The Morgan fingerprint density at radius 3 is 2.75 bits per heavy atom. The summed E-state index contributed by atoms with van der Waals surface area (Å²) in [5.41, 5.74) is 2.17. The second-order valence-electron chi connectivity index (χ2n) is 8.41. The number of hydrogen-bond acceptors (Lipinski definition) is 9. The predicted octanol–water partition coefficient (Wildman–Crippen LogP) is 2.37. The molecule has 2 aromatic heterocycles. The number of aliphatic hydroxyl groups excluding tert-OH is 3. The summed E-state index contributed by atoms with van der Waals surface area (Å²) in [5.74, 6) is 1.80. The first-order chi connectivity index (χ1) is 15.5. The summed E-state index contributed by atoms with van der Waals surface area (Å²) < 4.78 is 1.50. The van der Waals surface area contributed by atoms with Crippen LogP contribution in [-0.2, 0) is 0 Å². The lowest BCUT2D eigenvalue weighted by molar-refractivity contribution is -0.0253. The normalized spacial score (nSPS) is 29.5. The highest BCUT2D eigenvalue weighted by Crippen LogP contribution is 2.44. The number of fused-ring (bicyclic) bond motifs is 1. The first-order valence-electron chi connectivity index (χ1n) is 10.8. The quantitative estimate of drug-likeness (QED) is 0.300. The minimum Gasteiger partial charge on any atom is -0.390 e. The van der Waals surface area contributed by atoms with Gasteiger partial charge in [0.05, 0.1) is 12.1 Å². The Morgan fingerprint density at radius 2 is 2.03 bits per heavy atom. The molecule has 4 N–H and O–H groups in total. The Kier molecular flexibility index (Phi) is 5.98. The summed E-state index contributed by atoms with van der Waals surface area (Å²) in [7, 11) is 0. The Bertz CT molecular complexity index is 1130. The van der Waals surface area contributed by atoms with E-state index in [0.717, 1.165) is 23.6 Å². The van der Waals surface area contributed by atoms with Gasteiger partial charge in [-0.05, 0) is 30.5 Å². The van der Waals surface area contributed by atoms with Crippen molar-refractivity contribution in [2.45, 2.75) is 67.7 Å². The second kappa shape index (κ2) is 8.75. The van der Waals surface area contributed by atoms with E-state index in [1.54, 1.807) is 11.8 Å². The molecule has 2 aliphatic rings. The van der Waals surface area contributed by atoms with E-state index in [9.17, 15) is 15.3 Å². The van der Waals surface area contributed by atoms with Gasteiger partial charge in [0.2, 0.25) is 0 Å². The number of aromatic nitrogens is 5. The van der Waals surface area contributed by atoms with Crippen molar-refractivity contribution in [3.8, 4) is 0 Å². The van der Waals surface area contributed by atoms with Gasteiger partial charge in [0.15, 0.2) is 22.1 Å². The number of rotatable bonds is 7. The maximum atomic E-state index is 10.4. The number of aliphatic hydroxyl groups is 3. The van der Waals surface area contributed by atoms with Gasteiger partial charge >= 0.3 is 0 Å². The third kappa shape index (κ3) is 4.06. The zero-order valence-corrected chi connectivity index (χ0v) is 19.0. The molecule has 2 saturated carbocycles. The van der Waals surface area contributed by atoms with Gasteiger partial charge in [-0.2, -0.15) is 0 Å². The van der Waals surface area contributed by atoms with E-state index in [2.05, 4.69) is 33.6 Å². The van der Waals surface area contributed by atoms with Crippen LogP contribution in [0.2, 0.25) is 5.02 Å². The van der Waals surface area contributed by atoms with Gasteiger partial charge in [-0.1, -0.05) is 47.6 Å². The van der Waals surface area contributed by atoms with Crippen molar-refractivity contribution >= 4 is 40.3 Å². The molecule has 2 unspecified atom stereocenters. The van der Waals surface area contributed by atoms with Crippen molar-refractivity contribution in [1.82, 2.24) is 25.0 Å². The van der Waals surface area contributed by atoms with Crippen LogP contribution < -0.4 is 5.32 Å². The molecule has 32 heavy (non-hydrogen) atoms. The smallest absolute Gasteiger partial charge is 0.191 e. The lowest BCUT2D eigenvalue weighted by atomic mass is 10.1. The van der Waals surface area contributed by atoms with Crippen LogP contribution in [0.15, 0.2) is 29.4 Å². The van der Waals surface area contributed by atoms with E-state index in [1.807, 2.05) is 18.2 Å². The number of nitrogens with one attached hydrogen (secondary N) is 1. The molecular weight excluding hydrogens is 452 g/mol. The Morgan fingerprint density at radius 1 is 1.19 bits per heavy atom. The second-order valence-corrected chi connectivity index (χ2v) is 9.91. The largest absolute Gasteiger partial charge is 0.390 e. The summed E-state index contributed by atoms with van der Waals surface area (Å²) in [6, 6.07) is 7.46.